The second-order valence-corrected chi connectivity index (χ2v) is 5.23. The molecule has 1 atom stereocenters. The Hall–Kier alpha value is -0.870. The maximum Gasteiger partial charge on any atom is 0.223 e. The molecule has 1 aromatic heterocycles. The lowest BCUT2D eigenvalue weighted by atomic mass is 10.2. The molecule has 0 saturated carbocycles. The summed E-state index contributed by atoms with van der Waals surface area (Å²) in [5.41, 5.74) is 0. The highest BCUT2D eigenvalue weighted by atomic mass is 32.1. The molecule has 3 nitrogen and oxygen atoms in total. The van der Waals surface area contributed by atoms with Gasteiger partial charge >= 0.3 is 0 Å². The third-order valence-corrected chi connectivity index (χ3v) is 4.13. The van der Waals surface area contributed by atoms with Gasteiger partial charge in [0.15, 0.2) is 0 Å². The van der Waals surface area contributed by atoms with Crippen molar-refractivity contribution >= 4 is 17.2 Å². The SMILES string of the molecule is CCC(NCCC(=O)N(CC)CC)c1cccs1. The summed E-state index contributed by atoms with van der Waals surface area (Å²) in [6.45, 7) is 8.58. The summed E-state index contributed by atoms with van der Waals surface area (Å²) in [7, 11) is 0. The van der Waals surface area contributed by atoms with Gasteiger partial charge in [0, 0.05) is 37.0 Å². The van der Waals surface area contributed by atoms with Crippen molar-refractivity contribution in [2.45, 2.75) is 39.7 Å². The average molecular weight is 268 g/mol. The van der Waals surface area contributed by atoms with Gasteiger partial charge in [-0.15, -0.1) is 11.3 Å². The minimum absolute atomic E-state index is 0.244. The first-order chi connectivity index (χ1) is 8.72. The summed E-state index contributed by atoms with van der Waals surface area (Å²) < 4.78 is 0. The van der Waals surface area contributed by atoms with Crippen LogP contribution in [-0.2, 0) is 4.79 Å². The van der Waals surface area contributed by atoms with E-state index >= 15 is 0 Å². The van der Waals surface area contributed by atoms with Gasteiger partial charge in [-0.3, -0.25) is 4.79 Å². The number of carbonyl (C=O) groups is 1. The van der Waals surface area contributed by atoms with Gasteiger partial charge in [-0.2, -0.15) is 0 Å². The number of nitrogens with one attached hydrogen (secondary N) is 1. The molecule has 18 heavy (non-hydrogen) atoms. The van der Waals surface area contributed by atoms with E-state index < -0.39 is 0 Å². The number of amides is 1. The number of nitrogens with zero attached hydrogens (tertiary/aromatic N) is 1. The third-order valence-electron chi connectivity index (χ3n) is 3.14. The van der Waals surface area contributed by atoms with Gasteiger partial charge in [0.05, 0.1) is 0 Å². The molecule has 1 amide bonds. The lowest BCUT2D eigenvalue weighted by Gasteiger charge is -2.20. The zero-order valence-corrected chi connectivity index (χ0v) is 12.4. The van der Waals surface area contributed by atoms with E-state index in [1.54, 1.807) is 11.3 Å². The highest BCUT2D eigenvalue weighted by molar-refractivity contribution is 7.10. The molecule has 1 unspecified atom stereocenters. The Morgan fingerprint density at radius 1 is 1.39 bits per heavy atom. The minimum atomic E-state index is 0.244. The molecule has 1 N–H and O–H groups in total. The van der Waals surface area contributed by atoms with Gasteiger partial charge in [-0.25, -0.2) is 0 Å². The number of rotatable bonds is 8. The topological polar surface area (TPSA) is 32.3 Å². The van der Waals surface area contributed by atoms with Crippen LogP contribution in [-0.4, -0.2) is 30.4 Å². The van der Waals surface area contributed by atoms with Crippen LogP contribution < -0.4 is 5.32 Å². The summed E-state index contributed by atoms with van der Waals surface area (Å²) in [5, 5.41) is 5.57. The zero-order valence-electron chi connectivity index (χ0n) is 11.6. The molecule has 102 valence electrons. The van der Waals surface area contributed by atoms with Gasteiger partial charge in [-0.05, 0) is 31.7 Å². The molecule has 0 radical (unpaired) electrons. The largest absolute Gasteiger partial charge is 0.343 e. The lowest BCUT2D eigenvalue weighted by molar-refractivity contribution is -0.130. The molecule has 0 fully saturated rings. The fourth-order valence-electron chi connectivity index (χ4n) is 2.02. The Bertz CT molecular complexity index is 334. The third kappa shape index (κ3) is 4.42. The van der Waals surface area contributed by atoms with Crippen molar-refractivity contribution in [3.63, 3.8) is 0 Å². The van der Waals surface area contributed by atoms with Gasteiger partial charge < -0.3 is 10.2 Å². The number of carbonyl (C=O) groups excluding carboxylic acids is 1. The van der Waals surface area contributed by atoms with Crippen molar-refractivity contribution in [2.75, 3.05) is 19.6 Å². The summed E-state index contributed by atoms with van der Waals surface area (Å²) in [4.78, 5) is 15.1. The van der Waals surface area contributed by atoms with E-state index in [-0.39, 0.29) is 5.91 Å². The first-order valence-electron chi connectivity index (χ1n) is 6.77. The first kappa shape index (κ1) is 15.2. The maximum absolute atomic E-state index is 11.9. The molecular weight excluding hydrogens is 244 g/mol. The molecule has 0 aromatic carbocycles. The predicted molar refractivity (Wildman–Crippen MR) is 77.9 cm³/mol. The summed E-state index contributed by atoms with van der Waals surface area (Å²) in [6, 6.07) is 4.61. The molecule has 1 aromatic rings. The summed E-state index contributed by atoms with van der Waals surface area (Å²) in [5.74, 6) is 0.244. The van der Waals surface area contributed by atoms with Crippen LogP contribution in [0.1, 0.15) is 44.5 Å². The van der Waals surface area contributed by atoms with E-state index in [1.165, 1.54) is 4.88 Å². The van der Waals surface area contributed by atoms with Crippen molar-refractivity contribution in [3.8, 4) is 0 Å². The van der Waals surface area contributed by atoms with Gasteiger partial charge in [0.2, 0.25) is 5.91 Å². The van der Waals surface area contributed by atoms with Crippen LogP contribution in [0.5, 0.6) is 0 Å². The van der Waals surface area contributed by atoms with Crippen LogP contribution in [0.15, 0.2) is 17.5 Å². The lowest BCUT2D eigenvalue weighted by Crippen LogP contribution is -2.33. The average Bonchev–Trinajstić information content (AvgIpc) is 2.90. The Morgan fingerprint density at radius 3 is 2.61 bits per heavy atom. The van der Waals surface area contributed by atoms with Crippen LogP contribution in [0.25, 0.3) is 0 Å². The Balaban J connectivity index is 2.34. The quantitative estimate of drug-likeness (QED) is 0.786. The van der Waals surface area contributed by atoms with Crippen molar-refractivity contribution in [1.29, 1.82) is 0 Å². The van der Waals surface area contributed by atoms with Crippen LogP contribution >= 0.6 is 11.3 Å². The van der Waals surface area contributed by atoms with Crippen LogP contribution in [0.4, 0.5) is 0 Å². The van der Waals surface area contributed by atoms with E-state index in [0.29, 0.717) is 12.5 Å². The Kier molecular flexibility index (Phi) is 6.98. The first-order valence-corrected chi connectivity index (χ1v) is 7.65. The van der Waals surface area contributed by atoms with Crippen LogP contribution in [0, 0.1) is 0 Å². The van der Waals surface area contributed by atoms with Crippen LogP contribution in [0.2, 0.25) is 0 Å². The number of hydrogen-bond acceptors (Lipinski definition) is 3. The van der Waals surface area contributed by atoms with Crippen molar-refractivity contribution in [3.05, 3.63) is 22.4 Å². The summed E-state index contributed by atoms with van der Waals surface area (Å²) in [6.07, 6.45) is 1.64. The highest BCUT2D eigenvalue weighted by Gasteiger charge is 2.12. The molecule has 4 heteroatoms. The van der Waals surface area contributed by atoms with Crippen molar-refractivity contribution in [1.82, 2.24) is 10.2 Å². The van der Waals surface area contributed by atoms with Crippen molar-refractivity contribution < 1.29 is 4.79 Å². The molecule has 0 spiro atoms. The van der Waals surface area contributed by atoms with Crippen molar-refractivity contribution in [2.24, 2.45) is 0 Å². The number of thiophene rings is 1. The van der Waals surface area contributed by atoms with Gasteiger partial charge in [0.25, 0.3) is 0 Å². The van der Waals surface area contributed by atoms with E-state index in [9.17, 15) is 4.79 Å². The number of hydrogen-bond donors (Lipinski definition) is 1. The second kappa shape index (κ2) is 8.27. The van der Waals surface area contributed by atoms with E-state index in [0.717, 1.165) is 26.1 Å². The second-order valence-electron chi connectivity index (χ2n) is 4.25. The molecule has 0 aliphatic heterocycles. The molecule has 0 aliphatic carbocycles. The Labute approximate surface area is 114 Å². The monoisotopic (exact) mass is 268 g/mol. The zero-order chi connectivity index (χ0) is 13.4. The predicted octanol–water partition coefficient (Wildman–Crippen LogP) is 3.05. The Morgan fingerprint density at radius 2 is 2.11 bits per heavy atom. The van der Waals surface area contributed by atoms with E-state index in [1.807, 2.05) is 18.7 Å². The maximum atomic E-state index is 11.9. The molecule has 0 bridgehead atoms. The fourth-order valence-corrected chi connectivity index (χ4v) is 2.91. The fraction of sp³-hybridized carbons (Fsp3) is 0.643. The van der Waals surface area contributed by atoms with Gasteiger partial charge in [0.1, 0.15) is 0 Å². The molecule has 0 saturated heterocycles. The van der Waals surface area contributed by atoms with Crippen LogP contribution in [0.3, 0.4) is 0 Å². The molecular formula is C14H24N2OS. The molecule has 1 rings (SSSR count). The normalized spacial score (nSPS) is 12.4. The molecule has 0 aliphatic rings. The van der Waals surface area contributed by atoms with Gasteiger partial charge in [-0.1, -0.05) is 13.0 Å². The molecule has 1 heterocycles. The smallest absolute Gasteiger partial charge is 0.223 e. The summed E-state index contributed by atoms with van der Waals surface area (Å²) >= 11 is 1.77. The van der Waals surface area contributed by atoms with E-state index in [4.69, 9.17) is 0 Å². The van der Waals surface area contributed by atoms with E-state index in [2.05, 4.69) is 29.8 Å². The minimum Gasteiger partial charge on any atom is -0.343 e. The highest BCUT2D eigenvalue weighted by Crippen LogP contribution is 2.21. The standard InChI is InChI=1S/C14H24N2OS/c1-4-12(13-8-7-11-18-13)15-10-9-14(17)16(5-2)6-3/h7-8,11-12,15H,4-6,9-10H2,1-3H3.